The van der Waals surface area contributed by atoms with Crippen LogP contribution in [0.25, 0.3) is 0 Å². The molecule has 1 aromatic carbocycles. The molecule has 0 aliphatic rings. The summed E-state index contributed by atoms with van der Waals surface area (Å²) in [5, 5.41) is 11.3. The van der Waals surface area contributed by atoms with E-state index in [-0.39, 0.29) is 6.04 Å². The predicted octanol–water partition coefficient (Wildman–Crippen LogP) is 3.11. The van der Waals surface area contributed by atoms with Crippen LogP contribution in [0.4, 0.5) is 0 Å². The molecule has 22 heavy (non-hydrogen) atoms. The first-order chi connectivity index (χ1) is 10.5. The van der Waals surface area contributed by atoms with Crippen LogP contribution in [-0.2, 0) is 6.54 Å². The first kappa shape index (κ1) is 16.6. The number of nitrogens with zero attached hydrogens (tertiary/aromatic N) is 3. The molecule has 2 aromatic rings. The summed E-state index contributed by atoms with van der Waals surface area (Å²) in [6.07, 6.45) is 0. The largest absolute Gasteiger partial charge is 0.350 e. The fourth-order valence-electron chi connectivity index (χ4n) is 1.84. The molecule has 1 unspecified atom stereocenters. The third kappa shape index (κ3) is 4.35. The van der Waals surface area contributed by atoms with Crippen molar-refractivity contribution in [3.8, 4) is 0 Å². The Morgan fingerprint density at radius 1 is 1.36 bits per heavy atom. The number of rotatable bonds is 4. The number of halogens is 2. The Bertz CT molecular complexity index is 671. The molecule has 2 rings (SSSR count). The molecule has 0 amide bonds. The number of guanidine groups is 1. The Morgan fingerprint density at radius 2 is 2.14 bits per heavy atom. The highest BCUT2D eigenvalue weighted by Gasteiger charge is 2.10. The van der Waals surface area contributed by atoms with Crippen LogP contribution in [0.1, 0.15) is 30.2 Å². The highest BCUT2D eigenvalue weighted by molar-refractivity contribution is 6.42. The molecule has 0 spiro atoms. The lowest BCUT2D eigenvalue weighted by Gasteiger charge is -2.18. The van der Waals surface area contributed by atoms with Crippen molar-refractivity contribution in [2.45, 2.75) is 26.4 Å². The minimum absolute atomic E-state index is 0.00738. The van der Waals surface area contributed by atoms with Gasteiger partial charge in [-0.2, -0.15) is 4.98 Å². The van der Waals surface area contributed by atoms with Crippen molar-refractivity contribution in [3.05, 3.63) is 45.5 Å². The van der Waals surface area contributed by atoms with Gasteiger partial charge in [-0.25, -0.2) is 0 Å². The summed E-state index contributed by atoms with van der Waals surface area (Å²) in [7, 11) is 1.69. The molecule has 0 saturated carbocycles. The molecule has 8 heteroatoms. The lowest BCUT2D eigenvalue weighted by Crippen LogP contribution is -2.38. The zero-order valence-electron chi connectivity index (χ0n) is 12.5. The van der Waals surface area contributed by atoms with Crippen LogP contribution in [0.15, 0.2) is 27.7 Å². The molecule has 1 atom stereocenters. The number of aryl methyl sites for hydroxylation is 1. The van der Waals surface area contributed by atoms with Crippen LogP contribution in [0.2, 0.25) is 10.0 Å². The SMILES string of the molecule is CN=C(NCc1noc(C)n1)NC(C)c1ccc(Cl)c(Cl)c1. The average Bonchev–Trinajstić information content (AvgIpc) is 2.91. The van der Waals surface area contributed by atoms with E-state index in [0.717, 1.165) is 5.56 Å². The lowest BCUT2D eigenvalue weighted by atomic mass is 10.1. The Kier molecular flexibility index (Phi) is 5.63. The summed E-state index contributed by atoms with van der Waals surface area (Å²) in [5.74, 6) is 1.73. The molecule has 0 radical (unpaired) electrons. The average molecular weight is 342 g/mol. The summed E-state index contributed by atoms with van der Waals surface area (Å²) >= 11 is 12.0. The number of nitrogens with one attached hydrogen (secondary N) is 2. The zero-order chi connectivity index (χ0) is 16.1. The van der Waals surface area contributed by atoms with E-state index in [9.17, 15) is 0 Å². The van der Waals surface area contributed by atoms with Crippen molar-refractivity contribution in [2.75, 3.05) is 7.05 Å². The van der Waals surface area contributed by atoms with E-state index >= 15 is 0 Å². The molecule has 2 N–H and O–H groups in total. The second kappa shape index (κ2) is 7.47. The highest BCUT2D eigenvalue weighted by atomic mass is 35.5. The molecule has 0 saturated heterocycles. The van der Waals surface area contributed by atoms with Gasteiger partial charge in [0.1, 0.15) is 0 Å². The summed E-state index contributed by atoms with van der Waals surface area (Å²) in [4.78, 5) is 8.28. The number of aliphatic imine (C=N–C) groups is 1. The smallest absolute Gasteiger partial charge is 0.223 e. The topological polar surface area (TPSA) is 75.3 Å². The molecule has 118 valence electrons. The van der Waals surface area contributed by atoms with Gasteiger partial charge in [-0.05, 0) is 24.6 Å². The van der Waals surface area contributed by atoms with Crippen LogP contribution >= 0.6 is 23.2 Å². The highest BCUT2D eigenvalue weighted by Crippen LogP contribution is 2.25. The summed E-state index contributed by atoms with van der Waals surface area (Å²) in [6, 6.07) is 5.53. The maximum Gasteiger partial charge on any atom is 0.223 e. The minimum Gasteiger partial charge on any atom is -0.350 e. The number of hydrogen-bond donors (Lipinski definition) is 2. The minimum atomic E-state index is 0.00738. The van der Waals surface area contributed by atoms with Gasteiger partial charge in [0.2, 0.25) is 5.89 Å². The maximum atomic E-state index is 6.04. The standard InChI is InChI=1S/C14H17Cl2N5O/c1-8(10-4-5-11(15)12(16)6-10)19-14(17-3)18-7-13-20-9(2)22-21-13/h4-6,8H,7H2,1-3H3,(H2,17,18,19). The molecule has 0 aliphatic carbocycles. The Balaban J connectivity index is 1.95. The van der Waals surface area contributed by atoms with E-state index in [1.54, 1.807) is 20.0 Å². The van der Waals surface area contributed by atoms with E-state index in [0.29, 0.717) is 34.3 Å². The van der Waals surface area contributed by atoms with Crippen LogP contribution in [0.5, 0.6) is 0 Å². The van der Waals surface area contributed by atoms with Gasteiger partial charge in [0.15, 0.2) is 11.8 Å². The molecular formula is C14H17Cl2N5O. The van der Waals surface area contributed by atoms with Crippen LogP contribution < -0.4 is 10.6 Å². The van der Waals surface area contributed by atoms with Gasteiger partial charge in [0.25, 0.3) is 0 Å². The second-order valence-electron chi connectivity index (χ2n) is 4.69. The van der Waals surface area contributed by atoms with Crippen molar-refractivity contribution in [1.82, 2.24) is 20.8 Å². The van der Waals surface area contributed by atoms with E-state index in [1.165, 1.54) is 0 Å². The molecule has 0 fully saturated rings. The molecule has 6 nitrogen and oxygen atoms in total. The monoisotopic (exact) mass is 341 g/mol. The van der Waals surface area contributed by atoms with Crippen LogP contribution in [-0.4, -0.2) is 23.1 Å². The quantitative estimate of drug-likeness (QED) is 0.660. The Morgan fingerprint density at radius 3 is 2.73 bits per heavy atom. The molecule has 0 aliphatic heterocycles. The number of aromatic nitrogens is 2. The lowest BCUT2D eigenvalue weighted by molar-refractivity contribution is 0.386. The fourth-order valence-corrected chi connectivity index (χ4v) is 2.15. The van der Waals surface area contributed by atoms with Crippen molar-refractivity contribution in [2.24, 2.45) is 4.99 Å². The van der Waals surface area contributed by atoms with Crippen LogP contribution in [0.3, 0.4) is 0 Å². The second-order valence-corrected chi connectivity index (χ2v) is 5.51. The Hall–Kier alpha value is -1.79. The molecule has 1 heterocycles. The van der Waals surface area contributed by atoms with Crippen molar-refractivity contribution in [3.63, 3.8) is 0 Å². The van der Waals surface area contributed by atoms with Gasteiger partial charge in [-0.15, -0.1) is 0 Å². The third-order valence-electron chi connectivity index (χ3n) is 3.00. The first-order valence-corrected chi connectivity index (χ1v) is 7.46. The number of hydrogen-bond acceptors (Lipinski definition) is 4. The van der Waals surface area contributed by atoms with Crippen molar-refractivity contribution < 1.29 is 4.52 Å². The maximum absolute atomic E-state index is 6.04. The van der Waals surface area contributed by atoms with E-state index in [1.807, 2.05) is 19.1 Å². The molecule has 1 aromatic heterocycles. The third-order valence-corrected chi connectivity index (χ3v) is 3.74. The fraction of sp³-hybridized carbons (Fsp3) is 0.357. The molecular weight excluding hydrogens is 325 g/mol. The summed E-state index contributed by atoms with van der Waals surface area (Å²) in [5.41, 5.74) is 1.01. The van der Waals surface area contributed by atoms with Gasteiger partial charge in [-0.3, -0.25) is 4.99 Å². The first-order valence-electron chi connectivity index (χ1n) is 6.71. The van der Waals surface area contributed by atoms with E-state index in [2.05, 4.69) is 25.8 Å². The van der Waals surface area contributed by atoms with Gasteiger partial charge >= 0.3 is 0 Å². The summed E-state index contributed by atoms with van der Waals surface area (Å²) in [6.45, 7) is 4.17. The van der Waals surface area contributed by atoms with E-state index < -0.39 is 0 Å². The van der Waals surface area contributed by atoms with Gasteiger partial charge in [-0.1, -0.05) is 34.4 Å². The van der Waals surface area contributed by atoms with Crippen molar-refractivity contribution >= 4 is 29.2 Å². The normalized spacial score (nSPS) is 13.0. The van der Waals surface area contributed by atoms with Crippen molar-refractivity contribution in [1.29, 1.82) is 0 Å². The number of benzene rings is 1. The Labute approximate surface area is 138 Å². The van der Waals surface area contributed by atoms with Gasteiger partial charge < -0.3 is 15.2 Å². The van der Waals surface area contributed by atoms with E-state index in [4.69, 9.17) is 27.7 Å². The van der Waals surface area contributed by atoms with Crippen LogP contribution in [0, 0.1) is 6.92 Å². The summed E-state index contributed by atoms with van der Waals surface area (Å²) < 4.78 is 4.92. The van der Waals surface area contributed by atoms with Gasteiger partial charge in [0, 0.05) is 14.0 Å². The predicted molar refractivity (Wildman–Crippen MR) is 87.2 cm³/mol. The van der Waals surface area contributed by atoms with Gasteiger partial charge in [0.05, 0.1) is 22.6 Å². The molecule has 0 bridgehead atoms. The zero-order valence-corrected chi connectivity index (χ0v) is 14.0.